The van der Waals surface area contributed by atoms with Gasteiger partial charge in [-0.1, -0.05) is 13.8 Å². The normalized spacial score (nSPS) is 12.4. The van der Waals surface area contributed by atoms with Crippen molar-refractivity contribution in [3.05, 3.63) is 23.8 Å². The van der Waals surface area contributed by atoms with Crippen LogP contribution in [0.1, 0.15) is 25.8 Å². The Morgan fingerprint density at radius 1 is 1.48 bits per heavy atom. The molecule has 21 heavy (non-hydrogen) atoms. The minimum atomic E-state index is -4.48. The van der Waals surface area contributed by atoms with Crippen LogP contribution in [0.25, 0.3) is 0 Å². The van der Waals surface area contributed by atoms with Gasteiger partial charge in [0.15, 0.2) is 6.61 Å². The summed E-state index contributed by atoms with van der Waals surface area (Å²) < 4.78 is 40.8. The standard InChI is InChI=1S/C14H15F3N2O2/c1-3-9(2)13(20)19-11-4-5-12(10(6-11)7-18)21-8-14(15,16)17/h4-6,9H,3,8H2,1-2H3,(H,19,20)/t9-/m0/s1. The first-order valence-corrected chi connectivity index (χ1v) is 6.31. The number of nitrogens with one attached hydrogen (secondary N) is 1. The van der Waals surface area contributed by atoms with Crippen LogP contribution in [-0.4, -0.2) is 18.7 Å². The van der Waals surface area contributed by atoms with Gasteiger partial charge in [0, 0.05) is 11.6 Å². The van der Waals surface area contributed by atoms with E-state index in [0.717, 1.165) is 0 Å². The van der Waals surface area contributed by atoms with Crippen molar-refractivity contribution < 1.29 is 22.7 Å². The van der Waals surface area contributed by atoms with Crippen LogP contribution in [0.2, 0.25) is 0 Å². The van der Waals surface area contributed by atoms with Crippen molar-refractivity contribution in [3.63, 3.8) is 0 Å². The van der Waals surface area contributed by atoms with Gasteiger partial charge in [0.1, 0.15) is 11.8 Å². The Hall–Kier alpha value is -2.23. The van der Waals surface area contributed by atoms with Crippen LogP contribution >= 0.6 is 0 Å². The third-order valence-corrected chi connectivity index (χ3v) is 2.82. The van der Waals surface area contributed by atoms with Gasteiger partial charge in [-0.25, -0.2) is 0 Å². The van der Waals surface area contributed by atoms with Gasteiger partial charge in [-0.2, -0.15) is 18.4 Å². The van der Waals surface area contributed by atoms with E-state index >= 15 is 0 Å². The fourth-order valence-corrected chi connectivity index (χ4v) is 1.43. The molecule has 0 aromatic heterocycles. The highest BCUT2D eigenvalue weighted by Gasteiger charge is 2.28. The first kappa shape index (κ1) is 16.8. The second-order valence-corrected chi connectivity index (χ2v) is 4.53. The molecule has 0 unspecified atom stereocenters. The SMILES string of the molecule is CC[C@H](C)C(=O)Nc1ccc(OCC(F)(F)F)c(C#N)c1. The topological polar surface area (TPSA) is 62.1 Å². The molecule has 114 valence electrons. The number of carbonyl (C=O) groups is 1. The second-order valence-electron chi connectivity index (χ2n) is 4.53. The van der Waals surface area contributed by atoms with E-state index in [1.165, 1.54) is 18.2 Å². The molecule has 1 N–H and O–H groups in total. The summed E-state index contributed by atoms with van der Waals surface area (Å²) in [4.78, 5) is 11.7. The zero-order valence-electron chi connectivity index (χ0n) is 11.6. The Bertz CT molecular complexity index is 550. The maximum Gasteiger partial charge on any atom is 0.422 e. The van der Waals surface area contributed by atoms with E-state index in [2.05, 4.69) is 10.1 Å². The Morgan fingerprint density at radius 3 is 2.67 bits per heavy atom. The lowest BCUT2D eigenvalue weighted by molar-refractivity contribution is -0.153. The van der Waals surface area contributed by atoms with Gasteiger partial charge in [-0.3, -0.25) is 4.79 Å². The Morgan fingerprint density at radius 2 is 2.14 bits per heavy atom. The van der Waals surface area contributed by atoms with Crippen LogP contribution in [0.15, 0.2) is 18.2 Å². The molecule has 0 saturated heterocycles. The second kappa shape index (κ2) is 6.97. The zero-order chi connectivity index (χ0) is 16.0. The Labute approximate surface area is 120 Å². The maximum atomic E-state index is 12.1. The van der Waals surface area contributed by atoms with E-state index in [1.54, 1.807) is 13.0 Å². The highest BCUT2D eigenvalue weighted by Crippen LogP contribution is 2.25. The van der Waals surface area contributed by atoms with Crippen molar-refractivity contribution in [1.29, 1.82) is 5.26 Å². The predicted molar refractivity (Wildman–Crippen MR) is 70.8 cm³/mol. The number of nitrogens with zero attached hydrogens (tertiary/aromatic N) is 1. The molecule has 0 bridgehead atoms. The predicted octanol–water partition coefficient (Wildman–Crippen LogP) is 3.48. The molecule has 7 heteroatoms. The molecular weight excluding hydrogens is 285 g/mol. The summed E-state index contributed by atoms with van der Waals surface area (Å²) in [5.41, 5.74) is 0.275. The minimum absolute atomic E-state index is 0.0683. The monoisotopic (exact) mass is 300 g/mol. The van der Waals surface area contributed by atoms with Gasteiger partial charge in [-0.15, -0.1) is 0 Å². The van der Waals surface area contributed by atoms with Crippen molar-refractivity contribution >= 4 is 11.6 Å². The molecule has 0 radical (unpaired) electrons. The lowest BCUT2D eigenvalue weighted by atomic mass is 10.1. The van der Waals surface area contributed by atoms with E-state index in [-0.39, 0.29) is 23.1 Å². The van der Waals surface area contributed by atoms with Gasteiger partial charge >= 0.3 is 6.18 Å². The highest BCUT2D eigenvalue weighted by molar-refractivity contribution is 5.92. The molecule has 0 aliphatic carbocycles. The van der Waals surface area contributed by atoms with Gasteiger partial charge in [0.25, 0.3) is 0 Å². The van der Waals surface area contributed by atoms with Gasteiger partial charge in [0.05, 0.1) is 5.56 Å². The van der Waals surface area contributed by atoms with E-state index in [0.29, 0.717) is 12.1 Å². The minimum Gasteiger partial charge on any atom is -0.483 e. The molecule has 4 nitrogen and oxygen atoms in total. The first-order chi connectivity index (χ1) is 9.76. The number of hydrogen-bond donors (Lipinski definition) is 1. The molecule has 0 saturated carbocycles. The fraction of sp³-hybridized carbons (Fsp3) is 0.429. The van der Waals surface area contributed by atoms with E-state index in [1.807, 2.05) is 6.92 Å². The lowest BCUT2D eigenvalue weighted by Gasteiger charge is -2.13. The van der Waals surface area contributed by atoms with Crippen molar-refractivity contribution in [2.24, 2.45) is 5.92 Å². The average molecular weight is 300 g/mol. The van der Waals surface area contributed by atoms with Crippen molar-refractivity contribution in [1.82, 2.24) is 0 Å². The summed E-state index contributed by atoms with van der Waals surface area (Å²) in [6.07, 6.45) is -3.82. The molecule has 0 aliphatic heterocycles. The molecule has 1 rings (SSSR count). The summed E-state index contributed by atoms with van der Waals surface area (Å²) in [6, 6.07) is 5.66. The third kappa shape index (κ3) is 5.34. The van der Waals surface area contributed by atoms with Crippen molar-refractivity contribution in [3.8, 4) is 11.8 Å². The van der Waals surface area contributed by atoms with E-state index in [4.69, 9.17) is 5.26 Å². The van der Waals surface area contributed by atoms with Crippen molar-refractivity contribution in [2.45, 2.75) is 26.4 Å². The van der Waals surface area contributed by atoms with E-state index < -0.39 is 12.8 Å². The van der Waals surface area contributed by atoms with Gasteiger partial charge < -0.3 is 10.1 Å². The number of hydrogen-bond acceptors (Lipinski definition) is 3. The van der Waals surface area contributed by atoms with Crippen LogP contribution in [0.3, 0.4) is 0 Å². The molecule has 1 aromatic carbocycles. The molecule has 0 aliphatic rings. The average Bonchev–Trinajstić information content (AvgIpc) is 2.43. The van der Waals surface area contributed by atoms with Crippen molar-refractivity contribution in [2.75, 3.05) is 11.9 Å². The molecule has 0 fully saturated rings. The number of nitriles is 1. The maximum absolute atomic E-state index is 12.1. The Kier molecular flexibility index (Phi) is 5.59. The first-order valence-electron chi connectivity index (χ1n) is 6.31. The number of amides is 1. The summed E-state index contributed by atoms with van der Waals surface area (Å²) in [5, 5.41) is 11.5. The van der Waals surface area contributed by atoms with Crippen LogP contribution in [0.4, 0.5) is 18.9 Å². The number of halogens is 3. The lowest BCUT2D eigenvalue weighted by Crippen LogP contribution is -2.20. The summed E-state index contributed by atoms with van der Waals surface area (Å²) >= 11 is 0. The number of benzene rings is 1. The smallest absolute Gasteiger partial charge is 0.422 e. The van der Waals surface area contributed by atoms with Crippen LogP contribution in [0, 0.1) is 17.2 Å². The summed E-state index contributed by atoms with van der Waals surface area (Å²) in [5.74, 6) is -0.585. The molecule has 1 aromatic rings. The number of anilines is 1. The molecule has 1 amide bonds. The van der Waals surface area contributed by atoms with Crippen LogP contribution in [0.5, 0.6) is 5.75 Å². The largest absolute Gasteiger partial charge is 0.483 e. The number of rotatable bonds is 5. The zero-order valence-corrected chi connectivity index (χ0v) is 11.6. The fourth-order valence-electron chi connectivity index (χ4n) is 1.43. The quantitative estimate of drug-likeness (QED) is 0.905. The molecule has 0 spiro atoms. The highest BCUT2D eigenvalue weighted by atomic mass is 19.4. The van der Waals surface area contributed by atoms with Crippen LogP contribution in [-0.2, 0) is 4.79 Å². The Balaban J connectivity index is 2.84. The number of carbonyl (C=O) groups excluding carboxylic acids is 1. The molecule has 1 atom stereocenters. The van der Waals surface area contributed by atoms with Crippen LogP contribution < -0.4 is 10.1 Å². The molecule has 0 heterocycles. The third-order valence-electron chi connectivity index (χ3n) is 2.82. The molecular formula is C14H15F3N2O2. The number of alkyl halides is 3. The summed E-state index contributed by atoms with van der Waals surface area (Å²) in [7, 11) is 0. The van der Waals surface area contributed by atoms with Gasteiger partial charge in [0.2, 0.25) is 5.91 Å². The van der Waals surface area contributed by atoms with E-state index in [9.17, 15) is 18.0 Å². The van der Waals surface area contributed by atoms with Gasteiger partial charge in [-0.05, 0) is 24.6 Å². The summed E-state index contributed by atoms with van der Waals surface area (Å²) in [6.45, 7) is 2.14. The number of ether oxygens (including phenoxy) is 1.